The average Bonchev–Trinajstić information content (AvgIpc) is 2.97. The van der Waals surface area contributed by atoms with Gasteiger partial charge in [0.05, 0.1) is 12.3 Å². The van der Waals surface area contributed by atoms with Crippen molar-refractivity contribution in [1.82, 2.24) is 5.32 Å². The van der Waals surface area contributed by atoms with Crippen molar-refractivity contribution in [2.24, 2.45) is 10.9 Å². The van der Waals surface area contributed by atoms with E-state index in [4.69, 9.17) is 16.2 Å². The maximum atomic E-state index is 11.3. The summed E-state index contributed by atoms with van der Waals surface area (Å²) in [5.74, 6) is 4.17. The molecule has 0 fully saturated rings. The molecular weight excluding hydrogens is 384 g/mol. The molecule has 0 saturated heterocycles. The minimum Gasteiger partial charge on any atom is -0.494 e. The van der Waals surface area contributed by atoms with Crippen LogP contribution in [0.2, 0.25) is 0 Å². The number of carbonyl (C=O) groups is 1. The van der Waals surface area contributed by atoms with Gasteiger partial charge in [0.15, 0.2) is 0 Å². The van der Waals surface area contributed by atoms with Crippen molar-refractivity contribution in [2.75, 3.05) is 6.61 Å². The molecule has 4 nitrogen and oxygen atoms in total. The van der Waals surface area contributed by atoms with E-state index in [0.717, 1.165) is 49.3 Å². The SMILES string of the molecule is C#CC(NC(C)=O)c1ccc(C2CC=C(C3=CC(OCCC)=C[C@H](C)C=N3)CC2)cc1. The number of terminal acetylenes is 1. The van der Waals surface area contributed by atoms with Crippen LogP contribution in [-0.2, 0) is 9.53 Å². The molecule has 1 heterocycles. The number of amides is 1. The van der Waals surface area contributed by atoms with Gasteiger partial charge in [0.2, 0.25) is 5.91 Å². The fourth-order valence-electron chi connectivity index (χ4n) is 3.96. The van der Waals surface area contributed by atoms with Crippen molar-refractivity contribution in [1.29, 1.82) is 0 Å². The van der Waals surface area contributed by atoms with Gasteiger partial charge in [0, 0.05) is 25.1 Å². The van der Waals surface area contributed by atoms with Crippen LogP contribution >= 0.6 is 0 Å². The normalized spacial score (nSPS) is 21.7. The highest BCUT2D eigenvalue weighted by molar-refractivity contribution is 5.74. The van der Waals surface area contributed by atoms with E-state index < -0.39 is 0 Å². The quantitative estimate of drug-likeness (QED) is 0.588. The smallest absolute Gasteiger partial charge is 0.218 e. The largest absolute Gasteiger partial charge is 0.494 e. The molecule has 162 valence electrons. The molecule has 1 amide bonds. The summed E-state index contributed by atoms with van der Waals surface area (Å²) in [7, 11) is 0. The van der Waals surface area contributed by atoms with Gasteiger partial charge in [0.25, 0.3) is 0 Å². The van der Waals surface area contributed by atoms with Gasteiger partial charge in [-0.2, -0.15) is 0 Å². The first-order valence-corrected chi connectivity index (χ1v) is 11.1. The summed E-state index contributed by atoms with van der Waals surface area (Å²) in [5.41, 5.74) is 4.55. The third-order valence-corrected chi connectivity index (χ3v) is 5.62. The summed E-state index contributed by atoms with van der Waals surface area (Å²) >= 11 is 0. The second kappa shape index (κ2) is 10.8. The Kier molecular flexibility index (Phi) is 7.89. The number of nitrogens with zero attached hydrogens (tertiary/aromatic N) is 1. The lowest BCUT2D eigenvalue weighted by Crippen LogP contribution is -2.24. The first kappa shape index (κ1) is 22.6. The molecule has 1 aliphatic heterocycles. The highest BCUT2D eigenvalue weighted by Gasteiger charge is 2.20. The summed E-state index contributed by atoms with van der Waals surface area (Å²) in [6, 6.07) is 7.93. The van der Waals surface area contributed by atoms with E-state index in [1.807, 2.05) is 18.3 Å². The Bertz CT molecular complexity index is 944. The van der Waals surface area contributed by atoms with Gasteiger partial charge >= 0.3 is 0 Å². The number of nitrogens with one attached hydrogen (secondary N) is 1. The summed E-state index contributed by atoms with van der Waals surface area (Å²) in [6.45, 7) is 6.45. The second-order valence-electron chi connectivity index (χ2n) is 8.25. The zero-order valence-electron chi connectivity index (χ0n) is 18.7. The van der Waals surface area contributed by atoms with Gasteiger partial charge < -0.3 is 10.1 Å². The van der Waals surface area contributed by atoms with E-state index in [2.05, 4.69) is 55.4 Å². The lowest BCUT2D eigenvalue weighted by atomic mass is 9.83. The Morgan fingerprint density at radius 3 is 2.74 bits per heavy atom. The molecule has 4 heteroatoms. The highest BCUT2D eigenvalue weighted by atomic mass is 16.5. The Morgan fingerprint density at radius 1 is 1.35 bits per heavy atom. The Balaban J connectivity index is 1.69. The first-order chi connectivity index (χ1) is 15.0. The van der Waals surface area contributed by atoms with Crippen LogP contribution in [0.3, 0.4) is 0 Å². The van der Waals surface area contributed by atoms with E-state index in [-0.39, 0.29) is 17.9 Å². The Hall–Kier alpha value is -3.06. The summed E-state index contributed by atoms with van der Waals surface area (Å²) in [6.07, 6.45) is 18.1. The van der Waals surface area contributed by atoms with Crippen molar-refractivity contribution in [3.8, 4) is 12.3 Å². The third kappa shape index (κ3) is 6.21. The zero-order valence-corrected chi connectivity index (χ0v) is 18.7. The first-order valence-electron chi connectivity index (χ1n) is 11.1. The summed E-state index contributed by atoms with van der Waals surface area (Å²) in [5, 5.41) is 2.79. The molecule has 2 aliphatic rings. The predicted molar refractivity (Wildman–Crippen MR) is 127 cm³/mol. The molecule has 0 saturated carbocycles. The summed E-state index contributed by atoms with van der Waals surface area (Å²) in [4.78, 5) is 16.1. The van der Waals surface area contributed by atoms with Crippen LogP contribution in [0, 0.1) is 18.3 Å². The molecule has 31 heavy (non-hydrogen) atoms. The number of benzene rings is 1. The number of ether oxygens (including phenoxy) is 1. The fourth-order valence-corrected chi connectivity index (χ4v) is 3.96. The van der Waals surface area contributed by atoms with Crippen molar-refractivity contribution in [3.63, 3.8) is 0 Å². The molecule has 1 aromatic rings. The van der Waals surface area contributed by atoms with Crippen LogP contribution in [0.25, 0.3) is 0 Å². The van der Waals surface area contributed by atoms with Crippen molar-refractivity contribution in [2.45, 2.75) is 58.4 Å². The maximum Gasteiger partial charge on any atom is 0.218 e. The van der Waals surface area contributed by atoms with Gasteiger partial charge in [-0.1, -0.05) is 50.1 Å². The number of hydrogen-bond donors (Lipinski definition) is 1. The average molecular weight is 417 g/mol. The second-order valence-corrected chi connectivity index (χ2v) is 8.25. The van der Waals surface area contributed by atoms with E-state index >= 15 is 0 Å². The van der Waals surface area contributed by atoms with Crippen LogP contribution in [0.1, 0.15) is 69.5 Å². The van der Waals surface area contributed by atoms with Crippen molar-refractivity contribution in [3.05, 3.63) is 70.6 Å². The van der Waals surface area contributed by atoms with Crippen LogP contribution < -0.4 is 5.32 Å². The number of hydrogen-bond acceptors (Lipinski definition) is 3. The topological polar surface area (TPSA) is 50.7 Å². The molecule has 1 N–H and O–H groups in total. The summed E-state index contributed by atoms with van der Waals surface area (Å²) < 4.78 is 5.89. The van der Waals surface area contributed by atoms with Crippen molar-refractivity contribution < 1.29 is 9.53 Å². The number of aliphatic imine (C=N–C) groups is 1. The van der Waals surface area contributed by atoms with Gasteiger partial charge in [-0.15, -0.1) is 6.42 Å². The minimum atomic E-state index is -0.385. The monoisotopic (exact) mass is 416 g/mol. The lowest BCUT2D eigenvalue weighted by molar-refractivity contribution is -0.119. The molecule has 0 aromatic heterocycles. The molecule has 3 atom stereocenters. The third-order valence-electron chi connectivity index (χ3n) is 5.62. The zero-order chi connectivity index (χ0) is 22.2. The lowest BCUT2D eigenvalue weighted by Gasteiger charge is -2.23. The molecule has 0 spiro atoms. The number of rotatable bonds is 7. The number of carbonyl (C=O) groups excluding carboxylic acids is 1. The van der Waals surface area contributed by atoms with E-state index in [9.17, 15) is 4.79 Å². The van der Waals surface area contributed by atoms with E-state index in [1.54, 1.807) is 0 Å². The van der Waals surface area contributed by atoms with Gasteiger partial charge in [0.1, 0.15) is 11.8 Å². The molecule has 2 unspecified atom stereocenters. The van der Waals surface area contributed by atoms with Crippen LogP contribution in [0.15, 0.2) is 64.5 Å². The fraction of sp³-hybridized carbons (Fsp3) is 0.407. The molecule has 3 rings (SSSR count). The van der Waals surface area contributed by atoms with Crippen molar-refractivity contribution >= 4 is 12.1 Å². The standard InChI is InChI=1S/C27H32N2O2/c1-5-15-31-25-16-19(3)18-28-27(17-25)24-13-9-22(10-14-24)21-7-11-23(12-8-21)26(6-2)29-20(4)30/h2,7-8,11-13,16-19,22,26H,5,9-10,14-15H2,1,3-4H3,(H,29,30)/t19-,22?,26?/m0/s1. The van der Waals surface area contributed by atoms with Gasteiger partial charge in [-0.25, -0.2) is 0 Å². The van der Waals surface area contributed by atoms with Gasteiger partial charge in [-0.3, -0.25) is 9.79 Å². The minimum absolute atomic E-state index is 0.125. The Labute approximate surface area is 186 Å². The van der Waals surface area contributed by atoms with Crippen LogP contribution in [0.4, 0.5) is 0 Å². The van der Waals surface area contributed by atoms with Gasteiger partial charge in [-0.05, 0) is 54.4 Å². The molecule has 1 aliphatic carbocycles. The van der Waals surface area contributed by atoms with Crippen LogP contribution in [-0.4, -0.2) is 18.7 Å². The van der Waals surface area contributed by atoms with E-state index in [0.29, 0.717) is 5.92 Å². The maximum absolute atomic E-state index is 11.3. The predicted octanol–water partition coefficient (Wildman–Crippen LogP) is 5.61. The highest BCUT2D eigenvalue weighted by Crippen LogP contribution is 2.36. The number of allylic oxidation sites excluding steroid dienone is 4. The Morgan fingerprint density at radius 2 is 2.13 bits per heavy atom. The van der Waals surface area contributed by atoms with Crippen LogP contribution in [0.5, 0.6) is 0 Å². The molecule has 0 bridgehead atoms. The molecule has 0 radical (unpaired) electrons. The molecular formula is C27H32N2O2. The molecule has 1 aromatic carbocycles. The van der Waals surface area contributed by atoms with E-state index in [1.165, 1.54) is 18.1 Å².